The number of hydrogen-bond acceptors (Lipinski definition) is 7. The van der Waals surface area contributed by atoms with E-state index >= 15 is 0 Å². The molecule has 2 aliphatic rings. The zero-order valence-electron chi connectivity index (χ0n) is 23.9. The number of carbonyl (C=O) groups is 1. The van der Waals surface area contributed by atoms with Gasteiger partial charge in [0.05, 0.1) is 23.7 Å². The monoisotopic (exact) mass is 594 g/mol. The van der Waals surface area contributed by atoms with Gasteiger partial charge in [0.25, 0.3) is 0 Å². The van der Waals surface area contributed by atoms with Crippen molar-refractivity contribution in [3.63, 3.8) is 0 Å². The van der Waals surface area contributed by atoms with Gasteiger partial charge < -0.3 is 4.74 Å². The van der Waals surface area contributed by atoms with E-state index in [1.807, 2.05) is 76.7 Å². The second-order valence-electron chi connectivity index (χ2n) is 11.1. The van der Waals surface area contributed by atoms with Crippen molar-refractivity contribution in [3.8, 4) is 0 Å². The summed E-state index contributed by atoms with van der Waals surface area (Å²) in [6.45, 7) is 8.66. The predicted molar refractivity (Wildman–Crippen MR) is 173 cm³/mol. The van der Waals surface area contributed by atoms with Crippen LogP contribution in [0.2, 0.25) is 5.02 Å². The maximum Gasteiger partial charge on any atom is 0.365 e. The number of hydrogen-bond donors (Lipinski definition) is 0. The lowest BCUT2D eigenvalue weighted by atomic mass is 9.85. The van der Waals surface area contributed by atoms with Crippen molar-refractivity contribution < 1.29 is 9.53 Å². The minimum absolute atomic E-state index is 0.0331. The minimum atomic E-state index is -1.07. The average Bonchev–Trinajstić information content (AvgIpc) is 3.39. The molecule has 8 heteroatoms. The van der Waals surface area contributed by atoms with Crippen LogP contribution in [-0.2, 0) is 19.9 Å². The third-order valence-electron chi connectivity index (χ3n) is 7.28. The molecule has 0 N–H and O–H groups in total. The van der Waals surface area contributed by atoms with E-state index in [1.54, 1.807) is 6.92 Å². The van der Waals surface area contributed by atoms with Crippen molar-refractivity contribution in [1.29, 1.82) is 0 Å². The van der Waals surface area contributed by atoms with Crippen LogP contribution in [0.25, 0.3) is 0 Å². The van der Waals surface area contributed by atoms with Crippen LogP contribution >= 0.6 is 23.4 Å². The van der Waals surface area contributed by atoms with Gasteiger partial charge in [0.15, 0.2) is 0 Å². The summed E-state index contributed by atoms with van der Waals surface area (Å²) in [5.41, 5.74) is 6.63. The Morgan fingerprint density at radius 3 is 2.12 bits per heavy atom. The van der Waals surface area contributed by atoms with Crippen LogP contribution < -0.4 is 10.0 Å². The number of hydrazone groups is 2. The molecule has 0 saturated carbocycles. The molecule has 1 atom stereocenters. The molecular formula is C34H31ClN4O2S. The Morgan fingerprint density at radius 2 is 1.45 bits per heavy atom. The molecule has 0 fully saturated rings. The number of thioether (sulfide) groups is 1. The van der Waals surface area contributed by atoms with Gasteiger partial charge in [-0.05, 0) is 66.1 Å². The summed E-state index contributed by atoms with van der Waals surface area (Å²) in [4.78, 5) is 12.1. The fraction of sp³-hybridized carbons (Fsp3) is 0.206. The number of carbonyl (C=O) groups excluding carboxylic acids is 1. The molecule has 0 aromatic heterocycles. The van der Waals surface area contributed by atoms with Crippen molar-refractivity contribution in [3.05, 3.63) is 130 Å². The van der Waals surface area contributed by atoms with Gasteiger partial charge in [-0.1, -0.05) is 99.1 Å². The van der Waals surface area contributed by atoms with Crippen LogP contribution in [0.15, 0.2) is 113 Å². The molecule has 2 aliphatic heterocycles. The molecule has 0 aliphatic carbocycles. The van der Waals surface area contributed by atoms with Crippen molar-refractivity contribution in [2.75, 3.05) is 16.6 Å². The van der Waals surface area contributed by atoms with Gasteiger partial charge in [0.1, 0.15) is 0 Å². The Hall–Kier alpha value is -4.07. The van der Waals surface area contributed by atoms with E-state index in [0.29, 0.717) is 5.02 Å². The molecule has 6 nitrogen and oxygen atoms in total. The van der Waals surface area contributed by atoms with E-state index < -0.39 is 11.0 Å². The lowest BCUT2D eigenvalue weighted by Crippen LogP contribution is -2.54. The number of ether oxygens (including phenoxy) is 1. The number of esters is 1. The molecule has 0 unspecified atom stereocenters. The molecule has 0 amide bonds. The lowest BCUT2D eigenvalue weighted by molar-refractivity contribution is -0.134. The topological polar surface area (TPSA) is 57.5 Å². The summed E-state index contributed by atoms with van der Waals surface area (Å²) in [6.07, 6.45) is 0. The Labute approximate surface area is 255 Å². The highest BCUT2D eigenvalue weighted by Crippen LogP contribution is 2.55. The first kappa shape index (κ1) is 28.1. The summed E-state index contributed by atoms with van der Waals surface area (Å²) in [6, 6.07) is 34.2. The Morgan fingerprint density at radius 1 is 0.833 bits per heavy atom. The first-order valence-corrected chi connectivity index (χ1v) is 15.1. The van der Waals surface area contributed by atoms with Crippen molar-refractivity contribution in [2.24, 2.45) is 10.2 Å². The number of rotatable bonds is 5. The summed E-state index contributed by atoms with van der Waals surface area (Å²) in [5, 5.41) is 14.9. The molecule has 4 aromatic rings. The summed E-state index contributed by atoms with van der Waals surface area (Å²) >= 11 is 7.61. The van der Waals surface area contributed by atoms with Gasteiger partial charge in [0, 0.05) is 21.7 Å². The summed E-state index contributed by atoms with van der Waals surface area (Å²) in [5.74, 6) is -0.476. The lowest BCUT2D eigenvalue weighted by Gasteiger charge is -2.47. The van der Waals surface area contributed by atoms with E-state index in [9.17, 15) is 4.79 Å². The maximum absolute atomic E-state index is 13.2. The number of para-hydroxylation sites is 1. The third kappa shape index (κ3) is 4.86. The van der Waals surface area contributed by atoms with Crippen molar-refractivity contribution in [1.82, 2.24) is 0 Å². The highest BCUT2D eigenvalue weighted by atomic mass is 35.5. The first-order valence-electron chi connectivity index (χ1n) is 13.9. The van der Waals surface area contributed by atoms with Gasteiger partial charge in [-0.25, -0.2) is 14.8 Å². The van der Waals surface area contributed by atoms with Crippen LogP contribution in [0.4, 0.5) is 11.4 Å². The van der Waals surface area contributed by atoms with E-state index in [4.69, 9.17) is 26.5 Å². The Bertz CT molecular complexity index is 1680. The SMILES string of the molecule is CCOC(=O)C1=NN(c2ccc(Cl)cc2)[C@]2(S1)c1ccccc1C(c1ccc(C(C)(C)C)cc1)=NN2c1ccccc1. The van der Waals surface area contributed by atoms with Gasteiger partial charge in [0.2, 0.25) is 10.0 Å². The molecule has 42 heavy (non-hydrogen) atoms. The Balaban J connectivity index is 1.61. The van der Waals surface area contributed by atoms with Gasteiger partial charge in [-0.15, -0.1) is 0 Å². The fourth-order valence-corrected chi connectivity index (χ4v) is 6.62. The average molecular weight is 595 g/mol. The highest BCUT2D eigenvalue weighted by Gasteiger charge is 2.56. The predicted octanol–water partition coefficient (Wildman–Crippen LogP) is 8.15. The van der Waals surface area contributed by atoms with Crippen LogP contribution in [0, 0.1) is 0 Å². The molecule has 4 aromatic carbocycles. The number of nitrogens with zero attached hydrogens (tertiary/aromatic N) is 4. The van der Waals surface area contributed by atoms with Gasteiger partial charge >= 0.3 is 5.97 Å². The Kier molecular flexibility index (Phi) is 7.33. The van der Waals surface area contributed by atoms with Crippen LogP contribution in [0.3, 0.4) is 0 Å². The highest BCUT2D eigenvalue weighted by molar-refractivity contribution is 8.16. The normalized spacial score (nSPS) is 18.0. The van der Waals surface area contributed by atoms with Gasteiger partial charge in [-0.2, -0.15) is 10.2 Å². The summed E-state index contributed by atoms with van der Waals surface area (Å²) < 4.78 is 5.43. The fourth-order valence-electron chi connectivity index (χ4n) is 5.20. The number of anilines is 2. The summed E-state index contributed by atoms with van der Waals surface area (Å²) in [7, 11) is 0. The standard InChI is InChI=1S/C34H31ClN4O2S/c1-5-41-32(40)31-37-39(27-21-19-25(35)20-22-27)34(42-31)29-14-10-9-13-28(29)30(36-38(34)26-11-7-6-8-12-26)23-15-17-24(18-16-23)33(2,3)4/h6-22H,5H2,1-4H3/t34-/m0/s1. The van der Waals surface area contributed by atoms with Crippen molar-refractivity contribution in [2.45, 2.75) is 38.1 Å². The molecule has 2 heterocycles. The second-order valence-corrected chi connectivity index (χ2v) is 12.7. The number of benzene rings is 4. The van der Waals surface area contributed by atoms with E-state index in [2.05, 4.69) is 57.2 Å². The largest absolute Gasteiger partial charge is 0.461 e. The molecule has 0 radical (unpaired) electrons. The molecular weight excluding hydrogens is 564 g/mol. The molecule has 212 valence electrons. The van der Waals surface area contributed by atoms with E-state index in [-0.39, 0.29) is 17.1 Å². The third-order valence-corrected chi connectivity index (χ3v) is 8.83. The first-order chi connectivity index (χ1) is 20.2. The zero-order valence-corrected chi connectivity index (χ0v) is 25.5. The molecule has 0 saturated heterocycles. The smallest absolute Gasteiger partial charge is 0.365 e. The van der Waals surface area contributed by atoms with Crippen molar-refractivity contribution >= 4 is 51.5 Å². The number of fused-ring (bicyclic) bond motifs is 2. The van der Waals surface area contributed by atoms with E-state index in [1.165, 1.54) is 17.3 Å². The second kappa shape index (κ2) is 11.0. The van der Waals surface area contributed by atoms with Crippen LogP contribution in [0.5, 0.6) is 0 Å². The van der Waals surface area contributed by atoms with Crippen LogP contribution in [-0.4, -0.2) is 23.3 Å². The molecule has 6 rings (SSSR count). The van der Waals surface area contributed by atoms with E-state index in [0.717, 1.165) is 33.8 Å². The molecule has 0 bridgehead atoms. The maximum atomic E-state index is 13.2. The molecule has 1 spiro atoms. The van der Waals surface area contributed by atoms with Crippen LogP contribution in [0.1, 0.15) is 49.9 Å². The number of halogens is 1. The zero-order chi connectivity index (χ0) is 29.5. The quantitative estimate of drug-likeness (QED) is 0.218. The van der Waals surface area contributed by atoms with Gasteiger partial charge in [-0.3, -0.25) is 0 Å². The minimum Gasteiger partial charge on any atom is -0.461 e.